The quantitative estimate of drug-likeness (QED) is 0.809. The van der Waals surface area contributed by atoms with Crippen LogP contribution in [0, 0.1) is 0 Å². The summed E-state index contributed by atoms with van der Waals surface area (Å²) in [7, 11) is 2.20. The van der Waals surface area contributed by atoms with E-state index in [1.807, 2.05) is 6.07 Å². The lowest BCUT2D eigenvalue weighted by Crippen LogP contribution is -2.27. The third-order valence-corrected chi connectivity index (χ3v) is 3.70. The molecule has 0 bridgehead atoms. The van der Waals surface area contributed by atoms with E-state index in [4.69, 9.17) is 0 Å². The van der Waals surface area contributed by atoms with E-state index in [-0.39, 0.29) is 5.41 Å². The molecule has 0 aliphatic heterocycles. The van der Waals surface area contributed by atoms with Gasteiger partial charge in [0.2, 0.25) is 0 Å². The molecule has 21 heavy (non-hydrogen) atoms. The molecule has 1 aromatic rings. The lowest BCUT2D eigenvalue weighted by molar-refractivity contribution is 0.337. The lowest BCUT2D eigenvalue weighted by Gasteiger charge is -2.20. The standard InChI is InChI=1S/C16H29N5/c1-6-17-13-11-14(20-15(19-13)16(2,3)4)18-9-10-21(5)12-7-8-12/h11-12H,6-10H2,1-5H3,(H2,17,18,19,20). The number of hydrogen-bond acceptors (Lipinski definition) is 5. The SMILES string of the molecule is CCNc1cc(NCCN(C)C2CC2)nc(C(C)(C)C)n1. The minimum Gasteiger partial charge on any atom is -0.370 e. The topological polar surface area (TPSA) is 53.1 Å². The molecule has 0 saturated heterocycles. The van der Waals surface area contributed by atoms with Crippen molar-refractivity contribution in [3.63, 3.8) is 0 Å². The molecule has 2 N–H and O–H groups in total. The van der Waals surface area contributed by atoms with Crippen molar-refractivity contribution in [1.29, 1.82) is 0 Å². The summed E-state index contributed by atoms with van der Waals surface area (Å²) in [6, 6.07) is 2.80. The van der Waals surface area contributed by atoms with Gasteiger partial charge in [-0.15, -0.1) is 0 Å². The zero-order chi connectivity index (χ0) is 15.5. The van der Waals surface area contributed by atoms with Crippen LogP contribution >= 0.6 is 0 Å². The molecule has 5 heteroatoms. The average Bonchev–Trinajstić information content (AvgIpc) is 3.22. The van der Waals surface area contributed by atoms with Crippen LogP contribution in [0.1, 0.15) is 46.4 Å². The summed E-state index contributed by atoms with van der Waals surface area (Å²) in [4.78, 5) is 11.7. The van der Waals surface area contributed by atoms with Crippen LogP contribution in [0.3, 0.4) is 0 Å². The van der Waals surface area contributed by atoms with Crippen LogP contribution < -0.4 is 10.6 Å². The fourth-order valence-electron chi connectivity index (χ4n) is 2.20. The van der Waals surface area contributed by atoms with E-state index in [1.54, 1.807) is 0 Å². The Morgan fingerprint density at radius 3 is 2.33 bits per heavy atom. The van der Waals surface area contributed by atoms with Crippen molar-refractivity contribution in [3.8, 4) is 0 Å². The molecule has 0 unspecified atom stereocenters. The zero-order valence-corrected chi connectivity index (χ0v) is 14.0. The second-order valence-electron chi connectivity index (χ2n) is 6.88. The van der Waals surface area contributed by atoms with Crippen molar-refractivity contribution in [2.75, 3.05) is 37.3 Å². The van der Waals surface area contributed by atoms with Crippen molar-refractivity contribution in [2.45, 2.75) is 52.0 Å². The Hall–Kier alpha value is -1.36. The van der Waals surface area contributed by atoms with Crippen molar-refractivity contribution < 1.29 is 0 Å². The van der Waals surface area contributed by atoms with Crippen LogP contribution in [-0.4, -0.2) is 47.6 Å². The highest BCUT2D eigenvalue weighted by atomic mass is 15.2. The summed E-state index contributed by atoms with van der Waals surface area (Å²) in [6.45, 7) is 11.3. The Kier molecular flexibility index (Phi) is 5.04. The van der Waals surface area contributed by atoms with Gasteiger partial charge in [0.15, 0.2) is 0 Å². The fraction of sp³-hybridized carbons (Fsp3) is 0.750. The summed E-state index contributed by atoms with van der Waals surface area (Å²) >= 11 is 0. The maximum Gasteiger partial charge on any atom is 0.138 e. The van der Waals surface area contributed by atoms with Gasteiger partial charge >= 0.3 is 0 Å². The van der Waals surface area contributed by atoms with Crippen molar-refractivity contribution in [2.24, 2.45) is 0 Å². The first kappa shape index (κ1) is 16.0. The monoisotopic (exact) mass is 291 g/mol. The smallest absolute Gasteiger partial charge is 0.138 e. The molecule has 1 saturated carbocycles. The van der Waals surface area contributed by atoms with E-state index < -0.39 is 0 Å². The number of likely N-dealkylation sites (N-methyl/N-ethyl adjacent to an activating group) is 1. The first-order valence-corrected chi connectivity index (χ1v) is 7.97. The molecule has 5 nitrogen and oxygen atoms in total. The molecule has 0 spiro atoms. The predicted octanol–water partition coefficient (Wildman–Crippen LogP) is 2.71. The van der Waals surface area contributed by atoms with Crippen LogP contribution in [0.15, 0.2) is 6.07 Å². The molecule has 0 aromatic carbocycles. The lowest BCUT2D eigenvalue weighted by atomic mass is 9.96. The highest BCUT2D eigenvalue weighted by Crippen LogP contribution is 2.25. The van der Waals surface area contributed by atoms with Crippen LogP contribution in [0.5, 0.6) is 0 Å². The largest absolute Gasteiger partial charge is 0.370 e. The second-order valence-corrected chi connectivity index (χ2v) is 6.88. The normalized spacial score (nSPS) is 15.3. The van der Waals surface area contributed by atoms with Gasteiger partial charge in [0, 0.05) is 37.2 Å². The van der Waals surface area contributed by atoms with E-state index in [9.17, 15) is 0 Å². The Bertz CT molecular complexity index is 462. The van der Waals surface area contributed by atoms with Crippen LogP contribution in [0.4, 0.5) is 11.6 Å². The van der Waals surface area contributed by atoms with Gasteiger partial charge in [0.25, 0.3) is 0 Å². The summed E-state index contributed by atoms with van der Waals surface area (Å²) in [6.07, 6.45) is 2.70. The van der Waals surface area contributed by atoms with E-state index in [0.717, 1.165) is 43.1 Å². The highest BCUT2D eigenvalue weighted by molar-refractivity contribution is 5.48. The van der Waals surface area contributed by atoms with Gasteiger partial charge in [-0.3, -0.25) is 0 Å². The maximum absolute atomic E-state index is 4.66. The van der Waals surface area contributed by atoms with Crippen molar-refractivity contribution in [1.82, 2.24) is 14.9 Å². The number of hydrogen-bond donors (Lipinski definition) is 2. The Morgan fingerprint density at radius 2 is 1.81 bits per heavy atom. The number of aromatic nitrogens is 2. The molecule has 0 radical (unpaired) electrons. The fourth-order valence-corrected chi connectivity index (χ4v) is 2.20. The van der Waals surface area contributed by atoms with Crippen LogP contribution in [0.25, 0.3) is 0 Å². The summed E-state index contributed by atoms with van der Waals surface area (Å²) in [5.74, 6) is 2.68. The molecular weight excluding hydrogens is 262 g/mol. The Labute approximate surface area is 128 Å². The Morgan fingerprint density at radius 1 is 1.19 bits per heavy atom. The van der Waals surface area contributed by atoms with E-state index >= 15 is 0 Å². The van der Waals surface area contributed by atoms with Crippen LogP contribution in [0.2, 0.25) is 0 Å². The first-order chi connectivity index (χ1) is 9.90. The second kappa shape index (κ2) is 6.60. The zero-order valence-electron chi connectivity index (χ0n) is 14.0. The van der Waals surface area contributed by atoms with Crippen molar-refractivity contribution >= 4 is 11.6 Å². The van der Waals surface area contributed by atoms with Gasteiger partial charge in [-0.05, 0) is 26.8 Å². The third-order valence-electron chi connectivity index (χ3n) is 3.70. The van der Waals surface area contributed by atoms with Gasteiger partial charge in [-0.25, -0.2) is 9.97 Å². The Balaban J connectivity index is 2.00. The molecule has 2 rings (SSSR count). The number of rotatable bonds is 7. The molecule has 118 valence electrons. The number of nitrogens with one attached hydrogen (secondary N) is 2. The third kappa shape index (κ3) is 4.84. The summed E-state index contributed by atoms with van der Waals surface area (Å²) < 4.78 is 0. The van der Waals surface area contributed by atoms with E-state index in [1.165, 1.54) is 12.8 Å². The molecular formula is C16H29N5. The van der Waals surface area contributed by atoms with E-state index in [0.29, 0.717) is 0 Å². The van der Waals surface area contributed by atoms with Crippen LogP contribution in [-0.2, 0) is 5.41 Å². The predicted molar refractivity (Wildman–Crippen MR) is 89.0 cm³/mol. The highest BCUT2D eigenvalue weighted by Gasteiger charge is 2.25. The molecule has 1 heterocycles. The minimum atomic E-state index is -0.0489. The van der Waals surface area contributed by atoms with Crippen molar-refractivity contribution in [3.05, 3.63) is 11.9 Å². The summed E-state index contributed by atoms with van der Waals surface area (Å²) in [5.41, 5.74) is -0.0489. The first-order valence-electron chi connectivity index (χ1n) is 7.97. The molecule has 0 atom stereocenters. The molecule has 1 fully saturated rings. The molecule has 1 aliphatic rings. The van der Waals surface area contributed by atoms with Gasteiger partial charge < -0.3 is 15.5 Å². The van der Waals surface area contributed by atoms with Gasteiger partial charge in [0.05, 0.1) is 0 Å². The van der Waals surface area contributed by atoms with Gasteiger partial charge in [0.1, 0.15) is 17.5 Å². The van der Waals surface area contributed by atoms with Gasteiger partial charge in [-0.1, -0.05) is 20.8 Å². The van der Waals surface area contributed by atoms with Gasteiger partial charge in [-0.2, -0.15) is 0 Å². The average molecular weight is 291 g/mol. The number of anilines is 2. The summed E-state index contributed by atoms with van der Waals surface area (Å²) in [5, 5.41) is 6.72. The molecule has 1 aliphatic carbocycles. The van der Waals surface area contributed by atoms with E-state index in [2.05, 4.69) is 60.2 Å². The number of nitrogens with zero attached hydrogens (tertiary/aromatic N) is 3. The molecule has 0 amide bonds. The minimum absolute atomic E-state index is 0.0489. The maximum atomic E-state index is 4.66. The molecule has 1 aromatic heterocycles.